The molecule has 0 bridgehead atoms. The molecule has 92 valence electrons. The van der Waals surface area contributed by atoms with E-state index in [0.29, 0.717) is 13.2 Å². The highest BCUT2D eigenvalue weighted by molar-refractivity contribution is 7.57. The topological polar surface area (TPSA) is 35.5 Å². The predicted octanol–water partition coefficient (Wildman–Crippen LogP) is 4.26. The van der Waals surface area contributed by atoms with Crippen LogP contribution in [0.15, 0.2) is 17.1 Å². The normalized spacial score (nSPS) is 17.0. The van der Waals surface area contributed by atoms with E-state index in [1.54, 1.807) is 0 Å². The molecule has 0 aromatic rings. The second kappa shape index (κ2) is 7.09. The van der Waals surface area contributed by atoms with Gasteiger partial charge in [-0.2, -0.15) is 0 Å². The summed E-state index contributed by atoms with van der Waals surface area (Å²) >= 11 is 0. The molecule has 3 nitrogen and oxygen atoms in total. The molecule has 1 aliphatic rings. The second-order valence-electron chi connectivity index (χ2n) is 3.81. The third-order valence-electron chi connectivity index (χ3n) is 2.50. The molecule has 0 heterocycles. The van der Waals surface area contributed by atoms with Gasteiger partial charge in [-0.3, -0.25) is 4.57 Å². The second-order valence-corrected chi connectivity index (χ2v) is 5.67. The van der Waals surface area contributed by atoms with Gasteiger partial charge in [0.05, 0.1) is 19.0 Å². The molecule has 1 saturated carbocycles. The molecule has 0 unspecified atom stereocenters. The van der Waals surface area contributed by atoms with Crippen molar-refractivity contribution >= 4 is 7.60 Å². The lowest BCUT2D eigenvalue weighted by Gasteiger charge is -2.13. The van der Waals surface area contributed by atoms with Crippen LogP contribution in [0, 0.1) is 0 Å². The van der Waals surface area contributed by atoms with E-state index in [4.69, 9.17) is 9.05 Å². The summed E-state index contributed by atoms with van der Waals surface area (Å²) in [6.07, 6.45) is 5.84. The molecule has 0 atom stereocenters. The lowest BCUT2D eigenvalue weighted by atomic mass is 9.96. The molecule has 4 heteroatoms. The van der Waals surface area contributed by atoms with Gasteiger partial charge in [-0.15, -0.1) is 5.73 Å². The maximum absolute atomic E-state index is 12.1. The summed E-state index contributed by atoms with van der Waals surface area (Å²) in [4.78, 5) is 0. The third kappa shape index (κ3) is 4.67. The van der Waals surface area contributed by atoms with Crippen LogP contribution in [0.3, 0.4) is 0 Å². The third-order valence-corrected chi connectivity index (χ3v) is 4.18. The van der Waals surface area contributed by atoms with Crippen LogP contribution in [0.4, 0.5) is 0 Å². The van der Waals surface area contributed by atoms with Gasteiger partial charge in [-0.05, 0) is 45.1 Å². The van der Waals surface area contributed by atoms with Crippen molar-refractivity contribution in [2.75, 3.05) is 13.2 Å². The van der Waals surface area contributed by atoms with E-state index >= 15 is 0 Å². The van der Waals surface area contributed by atoms with Crippen LogP contribution in [-0.2, 0) is 13.6 Å². The highest BCUT2D eigenvalue weighted by Crippen LogP contribution is 2.49. The van der Waals surface area contributed by atoms with Gasteiger partial charge < -0.3 is 9.05 Å². The Morgan fingerprint density at radius 1 is 1.19 bits per heavy atom. The molecule has 1 aliphatic carbocycles. The van der Waals surface area contributed by atoms with E-state index in [2.05, 4.69) is 5.73 Å². The van der Waals surface area contributed by atoms with Crippen molar-refractivity contribution < 1.29 is 13.6 Å². The van der Waals surface area contributed by atoms with Crippen molar-refractivity contribution in [3.8, 4) is 0 Å². The molecular formula is C12H21O3P. The number of allylic oxidation sites excluding steroid dienone is 1. The maximum Gasteiger partial charge on any atom is 0.361 e. The Labute approximate surface area is 98.1 Å². The van der Waals surface area contributed by atoms with Crippen molar-refractivity contribution in [2.45, 2.75) is 46.0 Å². The molecular weight excluding hydrogens is 223 g/mol. The molecule has 1 fully saturated rings. The van der Waals surface area contributed by atoms with E-state index in [0.717, 1.165) is 12.8 Å². The summed E-state index contributed by atoms with van der Waals surface area (Å²) in [7, 11) is -3.04. The van der Waals surface area contributed by atoms with Gasteiger partial charge in [0.15, 0.2) is 0 Å². The molecule has 16 heavy (non-hydrogen) atoms. The highest BCUT2D eigenvalue weighted by Gasteiger charge is 2.19. The Balaban J connectivity index is 2.72. The van der Waals surface area contributed by atoms with Crippen LogP contribution in [-0.4, -0.2) is 13.2 Å². The van der Waals surface area contributed by atoms with E-state index in [1.807, 2.05) is 13.8 Å². The van der Waals surface area contributed by atoms with E-state index in [9.17, 15) is 4.57 Å². The summed E-state index contributed by atoms with van der Waals surface area (Å²) in [6, 6.07) is 0. The fourth-order valence-electron chi connectivity index (χ4n) is 1.76. The van der Waals surface area contributed by atoms with E-state index in [1.165, 1.54) is 30.7 Å². The van der Waals surface area contributed by atoms with Crippen LogP contribution in [0.2, 0.25) is 0 Å². The average molecular weight is 244 g/mol. The van der Waals surface area contributed by atoms with Gasteiger partial charge in [0, 0.05) is 0 Å². The zero-order chi connectivity index (χ0) is 11.9. The van der Waals surface area contributed by atoms with Crippen molar-refractivity contribution in [2.24, 2.45) is 0 Å². The van der Waals surface area contributed by atoms with Crippen molar-refractivity contribution in [1.29, 1.82) is 0 Å². The first kappa shape index (κ1) is 13.7. The fraction of sp³-hybridized carbons (Fsp3) is 0.750. The first-order valence-corrected chi connectivity index (χ1v) is 7.66. The monoisotopic (exact) mass is 244 g/mol. The Hall–Kier alpha value is -0.330. The van der Waals surface area contributed by atoms with Crippen LogP contribution in [0.1, 0.15) is 46.0 Å². The number of hydrogen-bond acceptors (Lipinski definition) is 3. The van der Waals surface area contributed by atoms with Gasteiger partial charge in [-0.25, -0.2) is 0 Å². The van der Waals surface area contributed by atoms with Gasteiger partial charge in [0.25, 0.3) is 0 Å². The minimum absolute atomic E-state index is 0.394. The number of rotatable bonds is 5. The molecule has 1 rings (SSSR count). The van der Waals surface area contributed by atoms with E-state index < -0.39 is 7.60 Å². The molecule has 0 aromatic heterocycles. The first-order chi connectivity index (χ1) is 7.70. The maximum atomic E-state index is 12.1. The fourth-order valence-corrected chi connectivity index (χ4v) is 3.05. The molecule has 0 aliphatic heterocycles. The average Bonchev–Trinajstić information content (AvgIpc) is 2.29. The van der Waals surface area contributed by atoms with Crippen LogP contribution < -0.4 is 0 Å². The standard InChI is InChI=1S/C12H21O3P/c1-3-14-16(13,15-4-2)11-10-12-8-6-5-7-9-12/h11H,3-9H2,1-2H3. The Bertz CT molecular complexity index is 298. The summed E-state index contributed by atoms with van der Waals surface area (Å²) in [5.74, 6) is 1.50. The summed E-state index contributed by atoms with van der Waals surface area (Å²) in [5, 5.41) is 0. The lowest BCUT2D eigenvalue weighted by Crippen LogP contribution is -1.94. The summed E-state index contributed by atoms with van der Waals surface area (Å²) in [5.41, 5.74) is 4.35. The van der Waals surface area contributed by atoms with Crippen molar-refractivity contribution in [3.63, 3.8) is 0 Å². The van der Waals surface area contributed by atoms with E-state index in [-0.39, 0.29) is 0 Å². The van der Waals surface area contributed by atoms with Gasteiger partial charge >= 0.3 is 7.60 Å². The van der Waals surface area contributed by atoms with Crippen LogP contribution in [0.5, 0.6) is 0 Å². The molecule has 0 N–H and O–H groups in total. The summed E-state index contributed by atoms with van der Waals surface area (Å²) in [6.45, 7) is 4.41. The van der Waals surface area contributed by atoms with Gasteiger partial charge in [-0.1, -0.05) is 6.42 Å². The first-order valence-electron chi connectivity index (χ1n) is 6.04. The largest absolute Gasteiger partial charge is 0.361 e. The molecule has 0 amide bonds. The summed E-state index contributed by atoms with van der Waals surface area (Å²) < 4.78 is 22.4. The Morgan fingerprint density at radius 3 is 2.25 bits per heavy atom. The smallest absolute Gasteiger partial charge is 0.305 e. The molecule has 0 radical (unpaired) electrons. The van der Waals surface area contributed by atoms with Gasteiger partial charge in [0.1, 0.15) is 0 Å². The Morgan fingerprint density at radius 2 is 1.75 bits per heavy atom. The predicted molar refractivity (Wildman–Crippen MR) is 65.5 cm³/mol. The zero-order valence-corrected chi connectivity index (χ0v) is 11.1. The van der Waals surface area contributed by atoms with Crippen LogP contribution in [0.25, 0.3) is 0 Å². The quantitative estimate of drug-likeness (QED) is 0.535. The van der Waals surface area contributed by atoms with Crippen LogP contribution >= 0.6 is 7.60 Å². The minimum atomic E-state index is -3.04. The zero-order valence-electron chi connectivity index (χ0n) is 10.2. The van der Waals surface area contributed by atoms with Gasteiger partial charge in [0.2, 0.25) is 0 Å². The Kier molecular flexibility index (Phi) is 6.08. The molecule has 0 spiro atoms. The number of hydrogen-bond donors (Lipinski definition) is 0. The minimum Gasteiger partial charge on any atom is -0.305 e. The lowest BCUT2D eigenvalue weighted by molar-refractivity contribution is 0.229. The van der Waals surface area contributed by atoms with Crippen molar-refractivity contribution in [1.82, 2.24) is 0 Å². The van der Waals surface area contributed by atoms with Crippen molar-refractivity contribution in [3.05, 3.63) is 17.1 Å². The molecule has 0 saturated heterocycles. The highest BCUT2D eigenvalue weighted by atomic mass is 31.2. The SMILES string of the molecule is CCOP(=O)(C=C=C1CCCCC1)OCC. The molecule has 0 aromatic carbocycles.